The van der Waals surface area contributed by atoms with E-state index < -0.39 is 0 Å². The number of amides is 1. The molecule has 20 heavy (non-hydrogen) atoms. The Morgan fingerprint density at radius 1 is 1.20 bits per heavy atom. The van der Waals surface area contributed by atoms with Crippen molar-refractivity contribution in [1.29, 1.82) is 0 Å². The molecule has 1 atom stereocenters. The number of aromatic nitrogens is 1. The number of hydrogen-bond acceptors (Lipinski definition) is 2. The van der Waals surface area contributed by atoms with Gasteiger partial charge in [0.15, 0.2) is 0 Å². The van der Waals surface area contributed by atoms with Crippen LogP contribution < -0.4 is 5.32 Å². The van der Waals surface area contributed by atoms with Gasteiger partial charge in [-0.1, -0.05) is 23.7 Å². The van der Waals surface area contributed by atoms with Crippen LogP contribution in [0.4, 0.5) is 0 Å². The fraction of sp³-hybridized carbons (Fsp3) is 0.250. The zero-order valence-corrected chi connectivity index (χ0v) is 12.1. The molecule has 4 heteroatoms. The molecule has 1 heterocycles. The highest BCUT2D eigenvalue weighted by molar-refractivity contribution is 6.30. The van der Waals surface area contributed by atoms with E-state index in [9.17, 15) is 4.79 Å². The molecule has 1 aromatic heterocycles. The predicted molar refractivity (Wildman–Crippen MR) is 80.6 cm³/mol. The van der Waals surface area contributed by atoms with Gasteiger partial charge < -0.3 is 5.32 Å². The number of rotatable bonds is 5. The van der Waals surface area contributed by atoms with Crippen molar-refractivity contribution in [2.75, 3.05) is 0 Å². The first-order valence-electron chi connectivity index (χ1n) is 6.59. The Morgan fingerprint density at radius 3 is 2.50 bits per heavy atom. The van der Waals surface area contributed by atoms with E-state index in [1.807, 2.05) is 43.3 Å². The maximum absolute atomic E-state index is 11.9. The fourth-order valence-corrected chi connectivity index (χ4v) is 2.08. The van der Waals surface area contributed by atoms with Crippen LogP contribution in [0.1, 0.15) is 30.5 Å². The van der Waals surface area contributed by atoms with Gasteiger partial charge >= 0.3 is 0 Å². The summed E-state index contributed by atoms with van der Waals surface area (Å²) in [7, 11) is 0. The molecule has 0 fully saturated rings. The largest absolute Gasteiger partial charge is 0.350 e. The molecule has 2 aromatic rings. The Morgan fingerprint density at radius 2 is 1.85 bits per heavy atom. The molecule has 1 N–H and O–H groups in total. The molecule has 0 aliphatic heterocycles. The minimum atomic E-state index is -0.00396. The first kappa shape index (κ1) is 14.5. The molecule has 0 saturated carbocycles. The number of aryl methyl sites for hydroxylation is 1. The van der Waals surface area contributed by atoms with E-state index in [0.717, 1.165) is 11.1 Å². The fourth-order valence-electron chi connectivity index (χ4n) is 1.96. The lowest BCUT2D eigenvalue weighted by atomic mass is 10.1. The zero-order chi connectivity index (χ0) is 14.4. The van der Waals surface area contributed by atoms with Crippen LogP contribution in [0.25, 0.3) is 0 Å². The monoisotopic (exact) mass is 288 g/mol. The number of carbonyl (C=O) groups excluding carboxylic acids is 1. The number of benzene rings is 1. The molecule has 0 spiro atoms. The summed E-state index contributed by atoms with van der Waals surface area (Å²) in [6.45, 7) is 1.97. The number of pyridine rings is 1. The summed E-state index contributed by atoms with van der Waals surface area (Å²) in [6, 6.07) is 11.4. The first-order valence-corrected chi connectivity index (χ1v) is 6.96. The summed E-state index contributed by atoms with van der Waals surface area (Å²) in [5.74, 6) is 0.0456. The highest BCUT2D eigenvalue weighted by Gasteiger charge is 2.09. The van der Waals surface area contributed by atoms with E-state index in [1.54, 1.807) is 12.4 Å². The van der Waals surface area contributed by atoms with E-state index in [0.29, 0.717) is 17.9 Å². The SMILES string of the molecule is CC(NC(=O)CCc1ccc(Cl)cc1)c1ccncc1. The molecule has 0 aliphatic carbocycles. The second-order valence-electron chi connectivity index (χ2n) is 4.70. The minimum absolute atomic E-state index is 0.00396. The van der Waals surface area contributed by atoms with Gasteiger partial charge in [-0.15, -0.1) is 0 Å². The van der Waals surface area contributed by atoms with E-state index in [1.165, 1.54) is 0 Å². The van der Waals surface area contributed by atoms with E-state index >= 15 is 0 Å². The maximum Gasteiger partial charge on any atom is 0.220 e. The van der Waals surface area contributed by atoms with Gasteiger partial charge in [-0.2, -0.15) is 0 Å². The number of hydrogen-bond donors (Lipinski definition) is 1. The van der Waals surface area contributed by atoms with Crippen LogP contribution in [-0.2, 0) is 11.2 Å². The van der Waals surface area contributed by atoms with Crippen molar-refractivity contribution in [2.24, 2.45) is 0 Å². The number of nitrogens with zero attached hydrogens (tertiary/aromatic N) is 1. The summed E-state index contributed by atoms with van der Waals surface area (Å²) in [4.78, 5) is 15.9. The average Bonchev–Trinajstić information content (AvgIpc) is 2.47. The second-order valence-corrected chi connectivity index (χ2v) is 5.13. The van der Waals surface area contributed by atoms with Gasteiger partial charge in [0.25, 0.3) is 0 Å². The highest BCUT2D eigenvalue weighted by Crippen LogP contribution is 2.13. The predicted octanol–water partition coefficient (Wildman–Crippen LogP) is 3.55. The van der Waals surface area contributed by atoms with Gasteiger partial charge in [0.05, 0.1) is 6.04 Å². The Balaban J connectivity index is 1.82. The third kappa shape index (κ3) is 4.35. The molecule has 1 unspecified atom stereocenters. The van der Waals surface area contributed by atoms with E-state index in [4.69, 9.17) is 11.6 Å². The van der Waals surface area contributed by atoms with Crippen molar-refractivity contribution in [3.63, 3.8) is 0 Å². The molecule has 0 radical (unpaired) electrons. The molecule has 2 rings (SSSR count). The molecule has 0 saturated heterocycles. The number of nitrogens with one attached hydrogen (secondary N) is 1. The van der Waals surface area contributed by atoms with Gasteiger partial charge in [-0.3, -0.25) is 9.78 Å². The van der Waals surface area contributed by atoms with E-state index in [2.05, 4.69) is 10.3 Å². The van der Waals surface area contributed by atoms with Crippen LogP contribution in [-0.4, -0.2) is 10.9 Å². The zero-order valence-electron chi connectivity index (χ0n) is 11.3. The molecular weight excluding hydrogens is 272 g/mol. The Kier molecular flexibility index (Phi) is 5.13. The van der Waals surface area contributed by atoms with Crippen molar-refractivity contribution in [1.82, 2.24) is 10.3 Å². The highest BCUT2D eigenvalue weighted by atomic mass is 35.5. The first-order chi connectivity index (χ1) is 9.65. The van der Waals surface area contributed by atoms with Crippen LogP contribution in [0.5, 0.6) is 0 Å². The number of carbonyl (C=O) groups is 1. The molecule has 3 nitrogen and oxygen atoms in total. The number of halogens is 1. The Bertz CT molecular complexity index is 554. The van der Waals surface area contributed by atoms with Crippen LogP contribution in [0.2, 0.25) is 5.02 Å². The summed E-state index contributed by atoms with van der Waals surface area (Å²) >= 11 is 5.83. The summed E-state index contributed by atoms with van der Waals surface area (Å²) in [6.07, 6.45) is 4.64. The third-order valence-corrected chi connectivity index (χ3v) is 3.39. The van der Waals surface area contributed by atoms with Crippen LogP contribution >= 0.6 is 11.6 Å². The van der Waals surface area contributed by atoms with Crippen LogP contribution in [0.3, 0.4) is 0 Å². The summed E-state index contributed by atoms with van der Waals surface area (Å²) in [5, 5.41) is 3.70. The quantitative estimate of drug-likeness (QED) is 0.914. The lowest BCUT2D eigenvalue weighted by molar-refractivity contribution is -0.121. The van der Waals surface area contributed by atoms with Crippen molar-refractivity contribution < 1.29 is 4.79 Å². The standard InChI is InChI=1S/C16H17ClN2O/c1-12(14-8-10-18-11-9-14)19-16(20)7-4-13-2-5-15(17)6-3-13/h2-3,5-6,8-12H,4,7H2,1H3,(H,19,20). The van der Waals surface area contributed by atoms with Gasteiger partial charge in [-0.25, -0.2) is 0 Å². The molecule has 104 valence electrons. The smallest absolute Gasteiger partial charge is 0.220 e. The van der Waals surface area contributed by atoms with Crippen molar-refractivity contribution in [3.05, 3.63) is 64.9 Å². The van der Waals surface area contributed by atoms with Crippen LogP contribution in [0, 0.1) is 0 Å². The molecule has 1 aromatic carbocycles. The van der Waals surface area contributed by atoms with Gasteiger partial charge in [-0.05, 0) is 48.7 Å². The molecule has 1 amide bonds. The van der Waals surface area contributed by atoms with Gasteiger partial charge in [0, 0.05) is 23.8 Å². The summed E-state index contributed by atoms with van der Waals surface area (Å²) in [5.41, 5.74) is 2.17. The van der Waals surface area contributed by atoms with Gasteiger partial charge in [0.1, 0.15) is 0 Å². The maximum atomic E-state index is 11.9. The molecular formula is C16H17ClN2O. The second kappa shape index (κ2) is 7.06. The lowest BCUT2D eigenvalue weighted by Crippen LogP contribution is -2.26. The lowest BCUT2D eigenvalue weighted by Gasteiger charge is -2.14. The molecule has 0 bridgehead atoms. The normalized spacial score (nSPS) is 11.9. The third-order valence-electron chi connectivity index (χ3n) is 3.14. The van der Waals surface area contributed by atoms with Crippen LogP contribution in [0.15, 0.2) is 48.8 Å². The average molecular weight is 289 g/mol. The summed E-state index contributed by atoms with van der Waals surface area (Å²) < 4.78 is 0. The minimum Gasteiger partial charge on any atom is -0.350 e. The Labute approximate surface area is 124 Å². The Hall–Kier alpha value is -1.87. The molecule has 0 aliphatic rings. The van der Waals surface area contributed by atoms with E-state index in [-0.39, 0.29) is 11.9 Å². The van der Waals surface area contributed by atoms with Crippen molar-refractivity contribution >= 4 is 17.5 Å². The van der Waals surface area contributed by atoms with Gasteiger partial charge in [0.2, 0.25) is 5.91 Å². The van der Waals surface area contributed by atoms with Crippen molar-refractivity contribution in [3.8, 4) is 0 Å². The van der Waals surface area contributed by atoms with Crippen molar-refractivity contribution in [2.45, 2.75) is 25.8 Å². The topological polar surface area (TPSA) is 42.0 Å².